The van der Waals surface area contributed by atoms with Crippen molar-refractivity contribution in [3.8, 4) is 0 Å². The molecule has 1 aromatic carbocycles. The molecule has 3 fully saturated rings. The van der Waals surface area contributed by atoms with Gasteiger partial charge in [-0.2, -0.15) is 0 Å². The van der Waals surface area contributed by atoms with Crippen LogP contribution in [-0.4, -0.2) is 99.9 Å². The van der Waals surface area contributed by atoms with Crippen LogP contribution in [-0.2, 0) is 20.8 Å². The molecule has 234 valence electrons. The van der Waals surface area contributed by atoms with Gasteiger partial charge in [-0.1, -0.05) is 0 Å². The minimum absolute atomic E-state index is 0.0878. The molecule has 1 aromatic heterocycles. The van der Waals surface area contributed by atoms with Gasteiger partial charge in [0.2, 0.25) is 5.95 Å². The largest absolute Gasteiger partial charge is 0.465 e. The van der Waals surface area contributed by atoms with Crippen molar-refractivity contribution in [2.75, 3.05) is 71.8 Å². The number of aryl methyl sites for hydroxylation is 1. The van der Waals surface area contributed by atoms with Crippen molar-refractivity contribution in [1.82, 2.24) is 14.9 Å². The van der Waals surface area contributed by atoms with Gasteiger partial charge in [-0.15, -0.1) is 0 Å². The number of hydrogen-bond acceptors (Lipinski definition) is 9. The molecule has 3 aliphatic rings. The summed E-state index contributed by atoms with van der Waals surface area (Å²) in [5.41, 5.74) is 2.02. The molecule has 2 N–H and O–H groups in total. The summed E-state index contributed by atoms with van der Waals surface area (Å²) in [6.07, 6.45) is 1.78. The second kappa shape index (κ2) is 13.1. The highest BCUT2D eigenvalue weighted by Gasteiger charge is 2.35. The van der Waals surface area contributed by atoms with Crippen LogP contribution in [0.1, 0.15) is 48.8 Å². The van der Waals surface area contributed by atoms with Crippen LogP contribution in [0.25, 0.3) is 0 Å². The maximum absolute atomic E-state index is 13.7. The van der Waals surface area contributed by atoms with E-state index in [1.807, 2.05) is 0 Å². The first-order chi connectivity index (χ1) is 20.5. The zero-order chi connectivity index (χ0) is 30.7. The number of nitrogens with zero attached hydrogens (tertiary/aromatic N) is 6. The van der Waals surface area contributed by atoms with E-state index < -0.39 is 35.6 Å². The van der Waals surface area contributed by atoms with E-state index in [0.717, 1.165) is 17.4 Å². The highest BCUT2D eigenvalue weighted by atomic mass is 32.2. The predicted octanol–water partition coefficient (Wildman–Crippen LogP) is 3.06. The molecule has 15 heteroatoms. The molecule has 2 aliphatic heterocycles. The highest BCUT2D eigenvalue weighted by molar-refractivity contribution is 7.80. The number of anilines is 4. The molecule has 1 atom stereocenters. The topological polar surface area (TPSA) is 131 Å². The number of amides is 1. The minimum Gasteiger partial charge on any atom is -0.465 e. The zero-order valence-electron chi connectivity index (χ0n) is 24.3. The molecule has 1 unspecified atom stereocenters. The van der Waals surface area contributed by atoms with Crippen LogP contribution in [0.15, 0.2) is 24.3 Å². The van der Waals surface area contributed by atoms with Crippen molar-refractivity contribution < 1.29 is 31.9 Å². The molecule has 2 saturated heterocycles. The van der Waals surface area contributed by atoms with Gasteiger partial charge in [0, 0.05) is 63.8 Å². The van der Waals surface area contributed by atoms with E-state index in [0.29, 0.717) is 41.9 Å². The van der Waals surface area contributed by atoms with Gasteiger partial charge in [-0.25, -0.2) is 23.0 Å². The molecule has 0 bridgehead atoms. The Morgan fingerprint density at radius 2 is 1.79 bits per heavy atom. The molecule has 1 saturated carbocycles. The fourth-order valence-electron chi connectivity index (χ4n) is 5.40. The van der Waals surface area contributed by atoms with E-state index in [1.165, 1.54) is 18.9 Å². The molecule has 3 heterocycles. The molecule has 5 rings (SSSR count). The Morgan fingerprint density at radius 1 is 1.09 bits per heavy atom. The van der Waals surface area contributed by atoms with Crippen LogP contribution in [0.5, 0.6) is 0 Å². The first-order valence-corrected chi connectivity index (χ1v) is 15.6. The van der Waals surface area contributed by atoms with Crippen LogP contribution >= 0.6 is 0 Å². The first kappa shape index (κ1) is 31.0. The molecule has 0 spiro atoms. The first-order valence-electron chi connectivity index (χ1n) is 14.5. The van der Waals surface area contributed by atoms with Gasteiger partial charge in [0.25, 0.3) is 23.1 Å². The second-order valence-corrected chi connectivity index (χ2v) is 11.9. The average Bonchev–Trinajstić information content (AvgIpc) is 3.82. The van der Waals surface area contributed by atoms with Crippen molar-refractivity contribution in [2.45, 2.75) is 51.5 Å². The number of carbonyl (C=O) groups excluding carboxylic acids is 2. The van der Waals surface area contributed by atoms with E-state index in [4.69, 9.17) is 4.74 Å². The van der Waals surface area contributed by atoms with E-state index in [1.54, 1.807) is 36.9 Å². The fourth-order valence-corrected chi connectivity index (χ4v) is 5.91. The van der Waals surface area contributed by atoms with Gasteiger partial charge in [0.1, 0.15) is 12.2 Å². The fraction of sp³-hybridized carbons (Fsp3) is 0.571. The smallest absolute Gasteiger partial charge is 0.326 e. The van der Waals surface area contributed by atoms with Crippen molar-refractivity contribution in [1.29, 1.82) is 0 Å². The Labute approximate surface area is 251 Å². The van der Waals surface area contributed by atoms with Crippen molar-refractivity contribution in [3.05, 3.63) is 35.7 Å². The summed E-state index contributed by atoms with van der Waals surface area (Å²) in [6.45, 7) is 6.29. The SMILES string of the molecule is CCOC(=O)CN(c1ccc(NC(=O)c2cc(C)nc(N3CCC(F)(F)CC3)n2)c(N2CCN(C3CC3)CC2)c1)S(=O)O. The van der Waals surface area contributed by atoms with Gasteiger partial charge in [-0.05, 0) is 51.0 Å². The number of ether oxygens (including phenoxy) is 1. The predicted molar refractivity (Wildman–Crippen MR) is 159 cm³/mol. The molecular formula is C28H37F2N7O5S. The third-order valence-corrected chi connectivity index (χ3v) is 8.57. The maximum Gasteiger partial charge on any atom is 0.326 e. The summed E-state index contributed by atoms with van der Waals surface area (Å²) in [6, 6.07) is 7.02. The van der Waals surface area contributed by atoms with E-state index in [-0.39, 0.29) is 44.2 Å². The lowest BCUT2D eigenvalue weighted by Crippen LogP contribution is -2.47. The number of aromatic nitrogens is 2. The number of hydrogen-bond donors (Lipinski definition) is 2. The number of carbonyl (C=O) groups is 2. The summed E-state index contributed by atoms with van der Waals surface area (Å²) < 4.78 is 55.6. The van der Waals surface area contributed by atoms with Crippen LogP contribution in [0.3, 0.4) is 0 Å². The summed E-state index contributed by atoms with van der Waals surface area (Å²) in [5.74, 6) is -3.64. The van der Waals surface area contributed by atoms with Gasteiger partial charge >= 0.3 is 5.97 Å². The number of rotatable bonds is 10. The standard InChI is InChI=1S/C28H37F2N7O5S/c1-3-42-25(38)18-37(43(40)41)21-6-7-22(24(17-21)35-14-12-34(13-15-35)20-4-5-20)32-26(39)23-16-19(2)31-27(33-23)36-10-8-28(29,30)9-11-36/h6-7,16-17,20H,3-5,8-15,18H2,1-2H3,(H,32,39)(H,40,41). The lowest BCUT2D eigenvalue weighted by Gasteiger charge is -2.37. The third-order valence-electron chi connectivity index (χ3n) is 7.86. The Balaban J connectivity index is 1.40. The van der Waals surface area contributed by atoms with E-state index in [2.05, 4.69) is 25.1 Å². The average molecular weight is 622 g/mol. The van der Waals surface area contributed by atoms with Crippen LogP contribution in [0.4, 0.5) is 31.8 Å². The summed E-state index contributed by atoms with van der Waals surface area (Å²) >= 11 is -2.51. The molecule has 1 amide bonds. The number of alkyl halides is 2. The third kappa shape index (κ3) is 7.75. The number of piperidine rings is 1. The van der Waals surface area contributed by atoms with Crippen molar-refractivity contribution >= 4 is 46.2 Å². The highest BCUT2D eigenvalue weighted by Crippen LogP contribution is 2.35. The quantitative estimate of drug-likeness (QED) is 0.302. The molecular weight excluding hydrogens is 584 g/mol. The monoisotopic (exact) mass is 621 g/mol. The zero-order valence-corrected chi connectivity index (χ0v) is 25.1. The van der Waals surface area contributed by atoms with Gasteiger partial charge in [-0.3, -0.25) is 23.3 Å². The number of benzene rings is 1. The molecule has 0 radical (unpaired) electrons. The number of esters is 1. The second-order valence-electron chi connectivity index (χ2n) is 11.0. The van der Waals surface area contributed by atoms with Crippen LogP contribution in [0.2, 0.25) is 0 Å². The number of halogens is 2. The number of nitrogens with one attached hydrogen (secondary N) is 1. The van der Waals surface area contributed by atoms with E-state index in [9.17, 15) is 27.1 Å². The van der Waals surface area contributed by atoms with Crippen molar-refractivity contribution in [2.24, 2.45) is 0 Å². The lowest BCUT2D eigenvalue weighted by molar-refractivity contribution is -0.141. The molecule has 1 aliphatic carbocycles. The van der Waals surface area contributed by atoms with E-state index >= 15 is 0 Å². The molecule has 43 heavy (non-hydrogen) atoms. The minimum atomic E-state index is -2.72. The summed E-state index contributed by atoms with van der Waals surface area (Å²) in [7, 11) is 0. The Kier molecular flexibility index (Phi) is 9.42. The normalized spacial score (nSPS) is 19.6. The van der Waals surface area contributed by atoms with Gasteiger partial charge in [0.05, 0.1) is 23.7 Å². The Hall–Kier alpha value is -3.43. The summed E-state index contributed by atoms with van der Waals surface area (Å²) in [4.78, 5) is 40.7. The number of piperazine rings is 1. The van der Waals surface area contributed by atoms with Gasteiger partial charge in [0.15, 0.2) is 0 Å². The lowest BCUT2D eigenvalue weighted by atomic mass is 10.1. The molecule has 2 aromatic rings. The summed E-state index contributed by atoms with van der Waals surface area (Å²) in [5, 5.41) is 2.93. The maximum atomic E-state index is 13.7. The Morgan fingerprint density at radius 3 is 2.42 bits per heavy atom. The van der Waals surface area contributed by atoms with Gasteiger partial charge < -0.3 is 19.9 Å². The van der Waals surface area contributed by atoms with Crippen LogP contribution < -0.4 is 19.4 Å². The van der Waals surface area contributed by atoms with Crippen molar-refractivity contribution in [3.63, 3.8) is 0 Å². The Bertz CT molecular complexity index is 1360. The van der Waals surface area contributed by atoms with Crippen LogP contribution in [0, 0.1) is 6.92 Å². The molecule has 12 nitrogen and oxygen atoms in total.